The lowest BCUT2D eigenvalue weighted by atomic mass is 9.99. The van der Waals surface area contributed by atoms with Gasteiger partial charge in [-0.1, -0.05) is 48.5 Å². The Morgan fingerprint density at radius 2 is 0.778 bits per heavy atom. The Morgan fingerprint density at radius 3 is 1.14 bits per heavy atom. The van der Waals surface area contributed by atoms with Gasteiger partial charge in [0.25, 0.3) is 22.1 Å². The van der Waals surface area contributed by atoms with E-state index in [1.54, 1.807) is 60.7 Å². The maximum absolute atomic E-state index is 13.6. The molecule has 36 heavy (non-hydrogen) atoms. The summed E-state index contributed by atoms with van der Waals surface area (Å²) >= 11 is 7.08. The van der Waals surface area contributed by atoms with Crippen LogP contribution >= 0.6 is 31.9 Å². The highest BCUT2D eigenvalue weighted by Gasteiger charge is 2.29. The van der Waals surface area contributed by atoms with E-state index in [1.807, 2.05) is 0 Å². The van der Waals surface area contributed by atoms with Gasteiger partial charge in [-0.15, -0.1) is 0 Å². The summed E-state index contributed by atoms with van der Waals surface area (Å²) in [5.74, 6) is 0. The number of hydrogen-bond acceptors (Lipinski definition) is 4. The van der Waals surface area contributed by atoms with E-state index < -0.39 is 0 Å². The number of H-pyrrole nitrogens is 2. The lowest BCUT2D eigenvalue weighted by Gasteiger charge is -2.04. The largest absolute Gasteiger partial charge is 0.291 e. The van der Waals surface area contributed by atoms with Crippen LogP contribution in [-0.2, 0) is 0 Å². The second-order valence-corrected chi connectivity index (χ2v) is 10.4. The molecule has 7 aromatic rings. The fourth-order valence-corrected chi connectivity index (χ4v) is 6.24. The molecule has 1 heterocycles. The van der Waals surface area contributed by atoms with E-state index in [9.17, 15) is 19.2 Å². The summed E-state index contributed by atoms with van der Waals surface area (Å²) in [6, 6.07) is 16.7. The normalized spacial score (nSPS) is 12.1. The van der Waals surface area contributed by atoms with Crippen molar-refractivity contribution in [3.8, 4) is 0 Å². The Labute approximate surface area is 216 Å². The zero-order chi connectivity index (χ0) is 24.9. The van der Waals surface area contributed by atoms with Gasteiger partial charge in [-0.25, -0.2) is 0 Å². The number of fused-ring (bicyclic) bond motifs is 8. The van der Waals surface area contributed by atoms with Crippen LogP contribution in [-0.4, -0.2) is 0 Å². The van der Waals surface area contributed by atoms with Crippen molar-refractivity contribution in [1.82, 2.24) is 0 Å². The van der Waals surface area contributed by atoms with Gasteiger partial charge in [-0.2, -0.15) is 9.97 Å². The Hall–Kier alpha value is -3.88. The van der Waals surface area contributed by atoms with E-state index in [0.717, 1.165) is 0 Å². The molecule has 2 N–H and O–H groups in total. The van der Waals surface area contributed by atoms with E-state index in [0.29, 0.717) is 52.6 Å². The molecule has 6 nitrogen and oxygen atoms in total. The zero-order valence-electron chi connectivity index (χ0n) is 18.2. The molecule has 0 saturated heterocycles. The molecule has 0 aliphatic rings. The molecule has 8 heteroatoms. The maximum atomic E-state index is 13.6. The highest BCUT2D eigenvalue weighted by atomic mass is 79.9. The molecule has 0 radical (unpaired) electrons. The minimum atomic E-state index is -0.268. The van der Waals surface area contributed by atoms with Crippen LogP contribution in [0, 0.1) is 0 Å². The summed E-state index contributed by atoms with van der Waals surface area (Å²) in [7, 11) is 0. The van der Waals surface area contributed by atoms with Crippen LogP contribution in [0.1, 0.15) is 0 Å². The SMILES string of the molecule is O=c1c2ccccc2c(=O)c2c1cc(Br)c1[nH+]c3c([nH+]c12)c(Br)cc1c(=O)c2ccccc2c(=O)c13. The third-order valence-corrected chi connectivity index (χ3v) is 8.09. The van der Waals surface area contributed by atoms with Gasteiger partial charge in [0.1, 0.15) is 10.8 Å². The molecule has 0 atom stereocenters. The molecule has 0 unspecified atom stereocenters. The zero-order valence-corrected chi connectivity index (χ0v) is 21.3. The van der Waals surface area contributed by atoms with Crippen LogP contribution in [0.3, 0.4) is 0 Å². The van der Waals surface area contributed by atoms with Crippen molar-refractivity contribution in [3.05, 3.63) is 111 Å². The highest BCUT2D eigenvalue weighted by molar-refractivity contribution is 9.11. The van der Waals surface area contributed by atoms with Crippen molar-refractivity contribution >= 4 is 97.0 Å². The first-order chi connectivity index (χ1) is 17.4. The van der Waals surface area contributed by atoms with Gasteiger partial charge in [0.2, 0.25) is 10.9 Å². The maximum Gasteiger partial charge on any atom is 0.291 e. The lowest BCUT2D eigenvalue weighted by Crippen LogP contribution is -2.24. The number of halogens is 2. The van der Waals surface area contributed by atoms with Gasteiger partial charge in [0, 0.05) is 32.3 Å². The molecule has 170 valence electrons. The Bertz CT molecular complexity index is 2210. The standard InChI is InChI=1S/C28H10Br2N2O4/c29-17-9-15-19(27(35)13-7-3-1-5-11(13)25(15)33)23-21(17)32-24-20-16(10-18(30)22(24)31-23)26(34)12-6-2-4-8-14(12)28(20)36/h1-10H/p+2. The first kappa shape index (κ1) is 21.4. The average molecular weight is 600 g/mol. The molecule has 0 spiro atoms. The smallest absolute Gasteiger partial charge is 0.289 e. The van der Waals surface area contributed by atoms with Crippen LogP contribution in [0.5, 0.6) is 0 Å². The molecule has 0 amide bonds. The minimum Gasteiger partial charge on any atom is -0.289 e. The summed E-state index contributed by atoms with van der Waals surface area (Å²) in [4.78, 5) is 60.2. The molecule has 0 aliphatic heterocycles. The second-order valence-electron chi connectivity index (χ2n) is 8.72. The molecule has 1 aromatic heterocycles. The van der Waals surface area contributed by atoms with Gasteiger partial charge in [-0.05, 0) is 44.0 Å². The second kappa shape index (κ2) is 7.32. The van der Waals surface area contributed by atoms with Crippen LogP contribution < -0.4 is 31.7 Å². The molecule has 0 fully saturated rings. The number of aromatic amines is 2. The Kier molecular flexibility index (Phi) is 4.35. The molecule has 7 rings (SSSR count). The van der Waals surface area contributed by atoms with E-state index in [-0.39, 0.29) is 43.3 Å². The average Bonchev–Trinajstić information content (AvgIpc) is 2.89. The summed E-state index contributed by atoms with van der Waals surface area (Å²) in [6.07, 6.45) is 0. The van der Waals surface area contributed by atoms with E-state index in [1.165, 1.54) is 0 Å². The molecule has 0 bridgehead atoms. The van der Waals surface area contributed by atoms with Crippen molar-refractivity contribution in [1.29, 1.82) is 0 Å². The highest BCUT2D eigenvalue weighted by Crippen LogP contribution is 2.30. The predicted octanol–water partition coefficient (Wildman–Crippen LogP) is 4.08. The summed E-state index contributed by atoms with van der Waals surface area (Å²) in [5.41, 5.74) is 0.844. The van der Waals surface area contributed by atoms with Gasteiger partial charge in [-0.3, -0.25) is 19.2 Å². The van der Waals surface area contributed by atoms with Gasteiger partial charge < -0.3 is 0 Å². The fraction of sp³-hybridized carbons (Fsp3) is 0. The summed E-state index contributed by atoms with van der Waals surface area (Å²) < 4.78 is 1.08. The van der Waals surface area contributed by atoms with Crippen molar-refractivity contribution < 1.29 is 9.97 Å². The van der Waals surface area contributed by atoms with Crippen molar-refractivity contribution in [3.63, 3.8) is 0 Å². The molecular formula is C28H12Br2N2O4+2. The van der Waals surface area contributed by atoms with Crippen molar-refractivity contribution in [2.75, 3.05) is 0 Å². The van der Waals surface area contributed by atoms with Crippen LogP contribution in [0.25, 0.3) is 65.2 Å². The van der Waals surface area contributed by atoms with Gasteiger partial charge in [0.15, 0.2) is 10.9 Å². The number of benzene rings is 6. The predicted molar refractivity (Wildman–Crippen MR) is 147 cm³/mol. The van der Waals surface area contributed by atoms with Gasteiger partial charge >= 0.3 is 0 Å². The third-order valence-electron chi connectivity index (χ3n) is 6.83. The fourth-order valence-electron chi connectivity index (χ4n) is 5.19. The number of rotatable bonds is 0. The number of hydrogen-bond donors (Lipinski definition) is 0. The van der Waals surface area contributed by atoms with E-state index >= 15 is 0 Å². The van der Waals surface area contributed by atoms with E-state index in [4.69, 9.17) is 0 Å². The Morgan fingerprint density at radius 1 is 0.444 bits per heavy atom. The monoisotopic (exact) mass is 598 g/mol. The van der Waals surface area contributed by atoms with Crippen LogP contribution in [0.2, 0.25) is 0 Å². The number of nitrogens with one attached hydrogen (secondary N) is 2. The Balaban J connectivity index is 1.78. The lowest BCUT2D eigenvalue weighted by molar-refractivity contribution is -0.360. The first-order valence-corrected chi connectivity index (χ1v) is 12.6. The molecular weight excluding hydrogens is 588 g/mol. The quantitative estimate of drug-likeness (QED) is 0.194. The molecule has 0 aliphatic carbocycles. The van der Waals surface area contributed by atoms with Crippen molar-refractivity contribution in [2.24, 2.45) is 0 Å². The minimum absolute atomic E-state index is 0.238. The third kappa shape index (κ3) is 2.65. The first-order valence-electron chi connectivity index (χ1n) is 11.0. The molecule has 0 saturated carbocycles. The van der Waals surface area contributed by atoms with Gasteiger partial charge in [0.05, 0.1) is 8.95 Å². The van der Waals surface area contributed by atoms with Crippen LogP contribution in [0.4, 0.5) is 0 Å². The molecule has 6 aromatic carbocycles. The van der Waals surface area contributed by atoms with E-state index in [2.05, 4.69) is 41.8 Å². The van der Waals surface area contributed by atoms with Crippen LogP contribution in [0.15, 0.2) is 88.8 Å². The summed E-state index contributed by atoms with van der Waals surface area (Å²) in [5, 5.41) is 2.50. The topological polar surface area (TPSA) is 96.6 Å². The summed E-state index contributed by atoms with van der Waals surface area (Å²) in [6.45, 7) is 0. The number of aromatic nitrogens is 2. The van der Waals surface area contributed by atoms with Crippen molar-refractivity contribution in [2.45, 2.75) is 0 Å².